The molecule has 0 spiro atoms. The van der Waals surface area contributed by atoms with Crippen LogP contribution in [0.4, 0.5) is 0 Å². The van der Waals surface area contributed by atoms with E-state index in [9.17, 15) is 9.90 Å². The Kier molecular flexibility index (Phi) is 9.13. The van der Waals surface area contributed by atoms with Gasteiger partial charge in [0.2, 0.25) is 5.75 Å². The maximum Gasteiger partial charge on any atom is 0.330 e. The lowest BCUT2D eigenvalue weighted by atomic mass is 9.32. The van der Waals surface area contributed by atoms with E-state index >= 15 is 0 Å². The van der Waals surface area contributed by atoms with Crippen molar-refractivity contribution in [1.82, 2.24) is 0 Å². The molecule has 5 fully saturated rings. The summed E-state index contributed by atoms with van der Waals surface area (Å²) in [5.41, 5.74) is 2.78. The van der Waals surface area contributed by atoms with Crippen molar-refractivity contribution >= 4 is 12.0 Å². The summed E-state index contributed by atoms with van der Waals surface area (Å²) in [6, 6.07) is 3.66. The SMILES string of the molecule is C=C(C)C1CCC2(COC(=O)C=Cc3cc(OC)c(OC)c(OC)c3)CCC3(C)C(CCC4C5(C)CCC(O)C(C)(C)C5CCC43C)C12. The van der Waals surface area contributed by atoms with Gasteiger partial charge in [-0.1, -0.05) is 46.8 Å². The van der Waals surface area contributed by atoms with Crippen LogP contribution in [-0.4, -0.2) is 45.1 Å². The highest BCUT2D eigenvalue weighted by Gasteiger charge is 2.71. The molecule has 6 heteroatoms. The number of aliphatic hydroxyl groups is 1. The van der Waals surface area contributed by atoms with Crippen LogP contribution < -0.4 is 14.2 Å². The summed E-state index contributed by atoms with van der Waals surface area (Å²) < 4.78 is 22.6. The quantitative estimate of drug-likeness (QED) is 0.170. The fourth-order valence-corrected chi connectivity index (χ4v) is 13.1. The molecule has 1 N–H and O–H groups in total. The number of benzene rings is 1. The molecule has 5 aliphatic rings. The number of fused-ring (bicyclic) bond motifs is 7. The third-order valence-corrected chi connectivity index (χ3v) is 15.8. The smallest absolute Gasteiger partial charge is 0.330 e. The molecule has 1 aromatic rings. The Bertz CT molecular complexity index is 1420. The van der Waals surface area contributed by atoms with E-state index in [1.165, 1.54) is 43.8 Å². The second-order valence-electron chi connectivity index (χ2n) is 17.8. The fourth-order valence-electron chi connectivity index (χ4n) is 13.1. The van der Waals surface area contributed by atoms with E-state index in [4.69, 9.17) is 18.9 Å². The van der Waals surface area contributed by atoms with Gasteiger partial charge in [0, 0.05) is 11.5 Å². The van der Waals surface area contributed by atoms with Crippen LogP contribution in [0.3, 0.4) is 0 Å². The molecular formula is C42H62O6. The molecule has 0 saturated heterocycles. The molecule has 266 valence electrons. The molecule has 0 amide bonds. The van der Waals surface area contributed by atoms with E-state index in [-0.39, 0.29) is 39.1 Å². The zero-order chi connectivity index (χ0) is 34.9. The van der Waals surface area contributed by atoms with Crippen molar-refractivity contribution in [2.24, 2.45) is 56.7 Å². The normalized spacial score (nSPS) is 41.4. The highest BCUT2D eigenvalue weighted by molar-refractivity contribution is 5.87. The summed E-state index contributed by atoms with van der Waals surface area (Å²) in [5, 5.41) is 11.1. The van der Waals surface area contributed by atoms with Crippen molar-refractivity contribution in [2.75, 3.05) is 27.9 Å². The number of carbonyl (C=O) groups excluding carboxylic acids is 1. The van der Waals surface area contributed by atoms with Crippen LogP contribution in [0.15, 0.2) is 30.4 Å². The fraction of sp³-hybridized carbons (Fsp3) is 0.738. The van der Waals surface area contributed by atoms with Crippen LogP contribution in [0.1, 0.15) is 111 Å². The zero-order valence-electron chi connectivity index (χ0n) is 31.2. The number of ether oxygens (including phenoxy) is 4. The molecule has 0 bridgehead atoms. The first kappa shape index (κ1) is 35.4. The standard InChI is InChI=1S/C42H62O6/c1-26(2)28-15-20-42(25-48-35(44)14-11-27-23-30(45-8)37(47-10)31(24-27)46-9)22-21-40(6)29(36(28)42)12-13-33-39(5)18-17-34(43)38(3,4)32(39)16-19-41(33,40)7/h11,14,23-24,28-29,32-34,36,43H,1,12-13,15-22,25H2,2-10H3. The lowest BCUT2D eigenvalue weighted by Gasteiger charge is -2.73. The van der Waals surface area contributed by atoms with Crippen molar-refractivity contribution in [3.05, 3.63) is 35.9 Å². The number of esters is 1. The van der Waals surface area contributed by atoms with E-state index < -0.39 is 0 Å². The molecule has 48 heavy (non-hydrogen) atoms. The number of hydrogen-bond acceptors (Lipinski definition) is 6. The van der Waals surface area contributed by atoms with E-state index in [2.05, 4.69) is 48.1 Å². The van der Waals surface area contributed by atoms with Crippen LogP contribution in [-0.2, 0) is 9.53 Å². The van der Waals surface area contributed by atoms with Gasteiger partial charge in [0.1, 0.15) is 0 Å². The van der Waals surface area contributed by atoms with Crippen LogP contribution >= 0.6 is 0 Å². The third-order valence-electron chi connectivity index (χ3n) is 15.8. The Hall–Kier alpha value is -2.47. The van der Waals surface area contributed by atoms with Crippen molar-refractivity contribution in [3.8, 4) is 17.2 Å². The van der Waals surface area contributed by atoms with Crippen molar-refractivity contribution in [1.29, 1.82) is 0 Å². The molecule has 10 unspecified atom stereocenters. The Labute approximate surface area is 290 Å². The highest BCUT2D eigenvalue weighted by Crippen LogP contribution is 2.77. The van der Waals surface area contributed by atoms with Crippen molar-refractivity contribution in [2.45, 2.75) is 112 Å². The molecule has 0 heterocycles. The maximum absolute atomic E-state index is 13.3. The predicted octanol–water partition coefficient (Wildman–Crippen LogP) is 9.29. The third kappa shape index (κ3) is 5.16. The number of hydrogen-bond donors (Lipinski definition) is 1. The first-order chi connectivity index (χ1) is 22.6. The van der Waals surface area contributed by atoms with Gasteiger partial charge in [0.25, 0.3) is 0 Å². The van der Waals surface area contributed by atoms with Crippen LogP contribution in [0.5, 0.6) is 17.2 Å². The molecular weight excluding hydrogens is 600 g/mol. The number of methoxy groups -OCH3 is 3. The summed E-state index contributed by atoms with van der Waals surface area (Å²) in [5.74, 6) is 4.08. The van der Waals surface area contributed by atoms with Crippen LogP contribution in [0.2, 0.25) is 0 Å². The molecule has 6 rings (SSSR count). The number of allylic oxidation sites excluding steroid dienone is 1. The lowest BCUT2D eigenvalue weighted by Crippen LogP contribution is -2.66. The van der Waals surface area contributed by atoms with Crippen molar-refractivity contribution in [3.63, 3.8) is 0 Å². The average molecular weight is 663 g/mol. The molecule has 5 saturated carbocycles. The van der Waals surface area contributed by atoms with Gasteiger partial charge in [-0.15, -0.1) is 0 Å². The number of carbonyl (C=O) groups is 1. The molecule has 0 radical (unpaired) electrons. The van der Waals surface area contributed by atoms with E-state index in [0.717, 1.165) is 37.7 Å². The van der Waals surface area contributed by atoms with E-state index in [1.807, 2.05) is 12.1 Å². The molecule has 1 aromatic carbocycles. The molecule has 0 aromatic heterocycles. The lowest BCUT2D eigenvalue weighted by molar-refractivity contribution is -0.249. The molecule has 0 aliphatic heterocycles. The first-order valence-electron chi connectivity index (χ1n) is 18.6. The monoisotopic (exact) mass is 662 g/mol. The van der Waals surface area contributed by atoms with E-state index in [1.54, 1.807) is 27.4 Å². The van der Waals surface area contributed by atoms with Gasteiger partial charge in [-0.25, -0.2) is 4.79 Å². The summed E-state index contributed by atoms with van der Waals surface area (Å²) in [6.07, 6.45) is 14.7. The Balaban J connectivity index is 1.24. The largest absolute Gasteiger partial charge is 0.493 e. The predicted molar refractivity (Wildman–Crippen MR) is 191 cm³/mol. The van der Waals surface area contributed by atoms with Gasteiger partial charge in [-0.3, -0.25) is 0 Å². The average Bonchev–Trinajstić information content (AvgIpc) is 3.44. The minimum atomic E-state index is -0.312. The first-order valence-corrected chi connectivity index (χ1v) is 18.6. The minimum absolute atomic E-state index is 0.00884. The van der Waals surface area contributed by atoms with Crippen LogP contribution in [0, 0.1) is 56.7 Å². The Morgan fingerprint density at radius 3 is 2.17 bits per heavy atom. The maximum atomic E-state index is 13.3. The van der Waals surface area contributed by atoms with Gasteiger partial charge >= 0.3 is 5.97 Å². The van der Waals surface area contributed by atoms with Crippen molar-refractivity contribution < 1.29 is 28.8 Å². The van der Waals surface area contributed by atoms with E-state index in [0.29, 0.717) is 53.4 Å². The van der Waals surface area contributed by atoms with Gasteiger partial charge < -0.3 is 24.1 Å². The minimum Gasteiger partial charge on any atom is -0.493 e. The van der Waals surface area contributed by atoms with Crippen LogP contribution in [0.25, 0.3) is 6.08 Å². The summed E-state index contributed by atoms with van der Waals surface area (Å²) >= 11 is 0. The summed E-state index contributed by atoms with van der Waals surface area (Å²) in [7, 11) is 4.75. The Morgan fingerprint density at radius 2 is 1.54 bits per heavy atom. The Morgan fingerprint density at radius 1 is 0.854 bits per heavy atom. The molecule has 10 atom stereocenters. The summed E-state index contributed by atoms with van der Waals surface area (Å²) in [6.45, 7) is 19.8. The topological polar surface area (TPSA) is 74.2 Å². The van der Waals surface area contributed by atoms with Gasteiger partial charge in [-0.05, 0) is 146 Å². The second kappa shape index (κ2) is 12.4. The van der Waals surface area contributed by atoms with Gasteiger partial charge in [-0.2, -0.15) is 0 Å². The van der Waals surface area contributed by atoms with Gasteiger partial charge in [0.15, 0.2) is 11.5 Å². The molecule has 5 aliphatic carbocycles. The molecule has 6 nitrogen and oxygen atoms in total. The summed E-state index contributed by atoms with van der Waals surface area (Å²) in [4.78, 5) is 13.3. The number of rotatable bonds is 8. The second-order valence-corrected chi connectivity index (χ2v) is 17.8. The number of aliphatic hydroxyl groups excluding tert-OH is 1. The zero-order valence-corrected chi connectivity index (χ0v) is 31.2. The highest BCUT2D eigenvalue weighted by atomic mass is 16.5. The van der Waals surface area contributed by atoms with Gasteiger partial charge in [0.05, 0.1) is 34.0 Å².